The van der Waals surface area contributed by atoms with Crippen molar-refractivity contribution in [2.75, 3.05) is 6.61 Å². The highest BCUT2D eigenvalue weighted by atomic mass is 28.3. The number of benzene rings is 2. The lowest BCUT2D eigenvalue weighted by atomic mass is 9.73. The number of carbonyl (C=O) groups excluding carboxylic acids is 1. The molecule has 2 aromatic rings. The van der Waals surface area contributed by atoms with E-state index in [9.17, 15) is 4.79 Å². The Morgan fingerprint density at radius 1 is 1.00 bits per heavy atom. The molecule has 162 valence electrons. The van der Waals surface area contributed by atoms with Gasteiger partial charge in [-0.25, -0.2) is 4.79 Å². The number of hydrogen-bond acceptors (Lipinski definition) is 3. The number of nitrogens with zero attached hydrogens (tertiary/aromatic N) is 1. The van der Waals surface area contributed by atoms with Gasteiger partial charge in [-0.2, -0.15) is 0 Å². The third-order valence-corrected chi connectivity index (χ3v) is 7.54. The summed E-state index contributed by atoms with van der Waals surface area (Å²) in [6, 6.07) is 22.7. The molecule has 1 aliphatic carbocycles. The summed E-state index contributed by atoms with van der Waals surface area (Å²) in [7, 11) is -1.19. The van der Waals surface area contributed by atoms with Crippen LogP contribution in [0.5, 0.6) is 0 Å². The van der Waals surface area contributed by atoms with Gasteiger partial charge < -0.3 is 10.1 Å². The highest BCUT2D eigenvalue weighted by Crippen LogP contribution is 2.37. The third kappa shape index (κ3) is 6.99. The summed E-state index contributed by atoms with van der Waals surface area (Å²) in [5.74, 6) is 0. The van der Waals surface area contributed by atoms with Crippen LogP contribution in [-0.2, 0) is 17.8 Å². The number of hydrogen-bond donors (Lipinski definition) is 1. The summed E-state index contributed by atoms with van der Waals surface area (Å²) in [5.41, 5.74) is 2.45. The maximum atomic E-state index is 12.3. The Morgan fingerprint density at radius 2 is 1.50 bits per heavy atom. The van der Waals surface area contributed by atoms with Gasteiger partial charge in [0.1, 0.15) is 0 Å². The summed E-state index contributed by atoms with van der Waals surface area (Å²) in [6.07, 6.45) is 1.61. The van der Waals surface area contributed by atoms with Crippen LogP contribution >= 0.6 is 0 Å². The molecule has 0 aromatic heterocycles. The molecule has 30 heavy (non-hydrogen) atoms. The topological polar surface area (TPSA) is 41.6 Å². The molecule has 0 spiro atoms. The van der Waals surface area contributed by atoms with Gasteiger partial charge in [0.2, 0.25) is 0 Å². The van der Waals surface area contributed by atoms with Gasteiger partial charge in [-0.1, -0.05) is 80.3 Å². The molecule has 2 aromatic carbocycles. The van der Waals surface area contributed by atoms with Crippen LogP contribution in [0.2, 0.25) is 25.7 Å². The standard InChI is InChI=1S/C25H36N2O2Si/c1-25(26-24(28)29-15-16-30(2,3)4)17-23(18-25)27(19-21-11-7-5-8-12-21)20-22-13-9-6-10-14-22/h5-14,23H,15-20H2,1-4H3,(H,26,28). The van der Waals surface area contributed by atoms with E-state index >= 15 is 0 Å². The molecule has 0 atom stereocenters. The van der Waals surface area contributed by atoms with Crippen LogP contribution in [0.15, 0.2) is 60.7 Å². The molecule has 1 fully saturated rings. The summed E-state index contributed by atoms with van der Waals surface area (Å²) in [4.78, 5) is 14.8. The molecular formula is C25H36N2O2Si. The molecule has 1 N–H and O–H groups in total. The fourth-order valence-electron chi connectivity index (χ4n) is 4.02. The minimum Gasteiger partial charge on any atom is -0.450 e. The van der Waals surface area contributed by atoms with E-state index in [1.807, 2.05) is 0 Å². The van der Waals surface area contributed by atoms with Crippen molar-refractivity contribution in [1.82, 2.24) is 10.2 Å². The molecule has 0 bridgehead atoms. The molecule has 0 saturated heterocycles. The van der Waals surface area contributed by atoms with E-state index < -0.39 is 8.07 Å². The summed E-state index contributed by atoms with van der Waals surface area (Å²) < 4.78 is 5.45. The minimum absolute atomic E-state index is 0.188. The lowest BCUT2D eigenvalue weighted by Gasteiger charge is -2.50. The van der Waals surface area contributed by atoms with E-state index in [1.54, 1.807) is 0 Å². The van der Waals surface area contributed by atoms with Gasteiger partial charge >= 0.3 is 6.09 Å². The van der Waals surface area contributed by atoms with E-state index in [-0.39, 0.29) is 11.6 Å². The molecular weight excluding hydrogens is 388 g/mol. The van der Waals surface area contributed by atoms with Crippen LogP contribution in [-0.4, -0.2) is 37.3 Å². The second kappa shape index (κ2) is 9.80. The van der Waals surface area contributed by atoms with E-state index in [4.69, 9.17) is 4.74 Å². The Hall–Kier alpha value is -2.11. The van der Waals surface area contributed by atoms with E-state index in [1.165, 1.54) is 11.1 Å². The Bertz CT molecular complexity index is 757. The minimum atomic E-state index is -1.19. The molecule has 1 amide bonds. The molecule has 4 nitrogen and oxygen atoms in total. The third-order valence-electron chi connectivity index (χ3n) is 5.83. The number of alkyl carbamates (subject to hydrolysis) is 1. The number of nitrogens with one attached hydrogen (secondary N) is 1. The summed E-state index contributed by atoms with van der Waals surface area (Å²) in [6.45, 7) is 11.4. The fourth-order valence-corrected chi connectivity index (χ4v) is 4.74. The van der Waals surface area contributed by atoms with E-state index in [2.05, 4.69) is 97.4 Å². The van der Waals surface area contributed by atoms with Crippen LogP contribution in [0.1, 0.15) is 30.9 Å². The largest absolute Gasteiger partial charge is 0.450 e. The number of ether oxygens (including phenoxy) is 1. The van der Waals surface area contributed by atoms with Crippen LogP contribution in [0, 0.1) is 0 Å². The van der Waals surface area contributed by atoms with Crippen molar-refractivity contribution in [2.24, 2.45) is 0 Å². The first-order chi connectivity index (χ1) is 14.2. The van der Waals surface area contributed by atoms with Gasteiger partial charge in [0.05, 0.1) is 6.61 Å². The molecule has 0 aliphatic heterocycles. The Labute approximate surface area is 182 Å². The van der Waals surface area contributed by atoms with Gasteiger partial charge in [-0.15, -0.1) is 0 Å². The number of rotatable bonds is 9. The predicted molar refractivity (Wildman–Crippen MR) is 126 cm³/mol. The van der Waals surface area contributed by atoms with Gasteiger partial charge in [-0.3, -0.25) is 4.90 Å². The van der Waals surface area contributed by atoms with Crippen molar-refractivity contribution in [3.8, 4) is 0 Å². The van der Waals surface area contributed by atoms with Crippen molar-refractivity contribution in [2.45, 2.75) is 70.1 Å². The number of amides is 1. The van der Waals surface area contributed by atoms with Gasteiger partial charge in [-0.05, 0) is 36.9 Å². The van der Waals surface area contributed by atoms with Crippen LogP contribution in [0.3, 0.4) is 0 Å². The SMILES string of the molecule is CC1(NC(=O)OCC[Si](C)(C)C)CC(N(Cc2ccccc2)Cc2ccccc2)C1. The first kappa shape index (κ1) is 22.6. The van der Waals surface area contributed by atoms with Gasteiger partial charge in [0.25, 0.3) is 0 Å². The lowest BCUT2D eigenvalue weighted by molar-refractivity contribution is 0.0312. The Morgan fingerprint density at radius 3 is 1.97 bits per heavy atom. The molecule has 3 rings (SSSR count). The van der Waals surface area contributed by atoms with Crippen molar-refractivity contribution in [3.63, 3.8) is 0 Å². The van der Waals surface area contributed by atoms with Crippen molar-refractivity contribution >= 4 is 14.2 Å². The van der Waals surface area contributed by atoms with E-state index in [0.717, 1.165) is 32.0 Å². The highest BCUT2D eigenvalue weighted by molar-refractivity contribution is 6.76. The van der Waals surface area contributed by atoms with Gasteiger partial charge in [0, 0.05) is 32.7 Å². The zero-order chi connectivity index (χ0) is 21.6. The average molecular weight is 425 g/mol. The predicted octanol–water partition coefficient (Wildman–Crippen LogP) is 5.67. The molecule has 5 heteroatoms. The summed E-state index contributed by atoms with van der Waals surface area (Å²) in [5, 5.41) is 3.12. The number of carbonyl (C=O) groups is 1. The van der Waals surface area contributed by atoms with Crippen LogP contribution < -0.4 is 5.32 Å². The zero-order valence-electron chi connectivity index (χ0n) is 18.9. The smallest absolute Gasteiger partial charge is 0.407 e. The Kier molecular flexibility index (Phi) is 7.37. The molecule has 0 radical (unpaired) electrons. The molecule has 1 saturated carbocycles. The molecule has 1 aliphatic rings. The van der Waals surface area contributed by atoms with Crippen molar-refractivity contribution < 1.29 is 9.53 Å². The average Bonchev–Trinajstić information content (AvgIpc) is 2.66. The second-order valence-electron chi connectivity index (χ2n) is 10.1. The van der Waals surface area contributed by atoms with Gasteiger partial charge in [0.15, 0.2) is 0 Å². The maximum Gasteiger partial charge on any atom is 0.407 e. The van der Waals surface area contributed by atoms with Crippen molar-refractivity contribution in [1.29, 1.82) is 0 Å². The maximum absolute atomic E-state index is 12.3. The quantitative estimate of drug-likeness (QED) is 0.527. The van der Waals surface area contributed by atoms with Crippen LogP contribution in [0.25, 0.3) is 0 Å². The monoisotopic (exact) mass is 424 g/mol. The second-order valence-corrected chi connectivity index (χ2v) is 15.7. The highest BCUT2D eigenvalue weighted by Gasteiger charge is 2.44. The normalized spacial score (nSPS) is 21.2. The first-order valence-corrected chi connectivity index (χ1v) is 14.7. The first-order valence-electron chi connectivity index (χ1n) is 11.0. The fraction of sp³-hybridized carbons (Fsp3) is 0.480. The zero-order valence-corrected chi connectivity index (χ0v) is 19.9. The van der Waals surface area contributed by atoms with E-state index in [0.29, 0.717) is 12.6 Å². The Balaban J connectivity index is 1.56. The van der Waals surface area contributed by atoms with Crippen molar-refractivity contribution in [3.05, 3.63) is 71.8 Å². The summed E-state index contributed by atoms with van der Waals surface area (Å²) >= 11 is 0. The lowest BCUT2D eigenvalue weighted by Crippen LogP contribution is -2.61. The van der Waals surface area contributed by atoms with Crippen LogP contribution in [0.4, 0.5) is 4.79 Å². The molecule has 0 unspecified atom stereocenters. The molecule has 0 heterocycles.